The van der Waals surface area contributed by atoms with E-state index in [4.69, 9.17) is 11.6 Å². The van der Waals surface area contributed by atoms with Gasteiger partial charge in [-0.05, 0) is 48.4 Å². The Morgan fingerprint density at radius 2 is 2.05 bits per heavy atom. The lowest BCUT2D eigenvalue weighted by molar-refractivity contribution is 0.0978. The summed E-state index contributed by atoms with van der Waals surface area (Å²) in [6.07, 6.45) is 0. The van der Waals surface area contributed by atoms with Gasteiger partial charge < -0.3 is 0 Å². The predicted octanol–water partition coefficient (Wildman–Crippen LogP) is 4.28. The second-order valence-electron chi connectivity index (χ2n) is 4.50. The zero-order valence-electron chi connectivity index (χ0n) is 10.7. The van der Waals surface area contributed by atoms with E-state index in [0.29, 0.717) is 16.1 Å². The largest absolute Gasteiger partial charge is 0.292 e. The molecule has 0 spiro atoms. The van der Waals surface area contributed by atoms with E-state index in [1.807, 2.05) is 13.0 Å². The Morgan fingerprint density at radius 3 is 2.65 bits per heavy atom. The van der Waals surface area contributed by atoms with Crippen molar-refractivity contribution in [1.82, 2.24) is 0 Å². The predicted molar refractivity (Wildman–Crippen MR) is 75.3 cm³/mol. The van der Waals surface area contributed by atoms with Crippen molar-refractivity contribution < 1.29 is 9.18 Å². The molecule has 0 bridgehead atoms. The fourth-order valence-corrected chi connectivity index (χ4v) is 2.31. The average molecular weight is 288 g/mol. The van der Waals surface area contributed by atoms with Crippen molar-refractivity contribution in [3.63, 3.8) is 0 Å². The summed E-state index contributed by atoms with van der Waals surface area (Å²) in [7, 11) is 0. The maximum absolute atomic E-state index is 13.2. The van der Waals surface area contributed by atoms with E-state index in [1.54, 1.807) is 18.2 Å². The summed E-state index contributed by atoms with van der Waals surface area (Å²) in [6, 6.07) is 12.3. The van der Waals surface area contributed by atoms with Crippen molar-refractivity contribution in [3.8, 4) is 6.07 Å². The number of rotatable bonds is 3. The molecule has 2 aromatic rings. The lowest BCUT2D eigenvalue weighted by Gasteiger charge is -2.10. The summed E-state index contributed by atoms with van der Waals surface area (Å²) in [4.78, 5) is 12.4. The molecule has 20 heavy (non-hydrogen) atoms. The van der Waals surface area contributed by atoms with E-state index >= 15 is 0 Å². The highest BCUT2D eigenvalue weighted by atomic mass is 35.5. The van der Waals surface area contributed by atoms with Crippen molar-refractivity contribution in [2.75, 3.05) is 0 Å². The van der Waals surface area contributed by atoms with Crippen LogP contribution in [0.5, 0.6) is 0 Å². The number of carbonyl (C=O) groups is 1. The number of hydrogen-bond acceptors (Lipinski definition) is 2. The number of ketones is 1. The van der Waals surface area contributed by atoms with E-state index in [2.05, 4.69) is 0 Å². The highest BCUT2D eigenvalue weighted by Crippen LogP contribution is 2.23. The van der Waals surface area contributed by atoms with Crippen LogP contribution >= 0.6 is 11.6 Å². The third-order valence-electron chi connectivity index (χ3n) is 2.90. The Hall–Kier alpha value is -2.18. The number of halogens is 2. The van der Waals surface area contributed by atoms with Gasteiger partial charge in [-0.1, -0.05) is 23.7 Å². The molecule has 0 aliphatic heterocycles. The van der Waals surface area contributed by atoms with Crippen LogP contribution < -0.4 is 0 Å². The lowest BCUT2D eigenvalue weighted by atomic mass is 9.91. The number of benzene rings is 2. The highest BCUT2D eigenvalue weighted by molar-refractivity contribution is 6.31. The van der Waals surface area contributed by atoms with Crippen LogP contribution in [0.25, 0.3) is 0 Å². The first-order valence-corrected chi connectivity index (χ1v) is 6.35. The average Bonchev–Trinajstić information content (AvgIpc) is 2.38. The molecular formula is C16H11ClFNO. The fourth-order valence-electron chi connectivity index (χ4n) is 2.02. The molecule has 2 aromatic carbocycles. The van der Waals surface area contributed by atoms with Crippen LogP contribution in [0.2, 0.25) is 5.02 Å². The molecule has 0 aromatic heterocycles. The van der Waals surface area contributed by atoms with Crippen LogP contribution in [-0.4, -0.2) is 5.78 Å². The first kappa shape index (κ1) is 14.2. The van der Waals surface area contributed by atoms with Crippen LogP contribution in [0, 0.1) is 24.1 Å². The lowest BCUT2D eigenvalue weighted by Crippen LogP contribution is -2.11. The number of aryl methyl sites for hydroxylation is 1. The number of carbonyl (C=O) groups excluding carboxylic acids is 1. The van der Waals surface area contributed by atoms with Gasteiger partial charge in [0.15, 0.2) is 5.78 Å². The Kier molecular flexibility index (Phi) is 4.16. The molecule has 0 saturated heterocycles. The van der Waals surface area contributed by atoms with Gasteiger partial charge in [0.1, 0.15) is 11.7 Å². The minimum absolute atomic E-state index is 0.343. The molecule has 0 N–H and O–H groups in total. The van der Waals surface area contributed by atoms with Gasteiger partial charge in [-0.15, -0.1) is 0 Å². The van der Waals surface area contributed by atoms with Crippen molar-refractivity contribution in [2.45, 2.75) is 12.8 Å². The molecular weight excluding hydrogens is 277 g/mol. The zero-order chi connectivity index (χ0) is 14.7. The molecule has 2 nitrogen and oxygen atoms in total. The number of nitriles is 1. The third kappa shape index (κ3) is 3.04. The van der Waals surface area contributed by atoms with Gasteiger partial charge in [0.05, 0.1) is 6.07 Å². The molecule has 2 rings (SSSR count). The first-order chi connectivity index (χ1) is 9.51. The summed E-state index contributed by atoms with van der Waals surface area (Å²) >= 11 is 5.92. The van der Waals surface area contributed by atoms with Gasteiger partial charge in [0, 0.05) is 10.6 Å². The van der Waals surface area contributed by atoms with Crippen LogP contribution in [0.4, 0.5) is 4.39 Å². The molecule has 0 radical (unpaired) electrons. The van der Waals surface area contributed by atoms with Gasteiger partial charge >= 0.3 is 0 Å². The molecule has 0 saturated carbocycles. The molecule has 0 heterocycles. The standard InChI is InChI=1S/C16H11ClFNO/c1-10-5-12(7-13(17)6-10)16(20)15(9-19)11-3-2-4-14(18)8-11/h2-8,15H,1H3. The normalized spacial score (nSPS) is 11.7. The second kappa shape index (κ2) is 5.85. The van der Waals surface area contributed by atoms with E-state index in [0.717, 1.165) is 5.56 Å². The third-order valence-corrected chi connectivity index (χ3v) is 3.12. The Morgan fingerprint density at radius 1 is 1.30 bits per heavy atom. The van der Waals surface area contributed by atoms with Gasteiger partial charge in [-0.2, -0.15) is 5.26 Å². The molecule has 0 fully saturated rings. The van der Waals surface area contributed by atoms with E-state index in [9.17, 15) is 14.4 Å². The molecule has 0 aliphatic rings. The summed E-state index contributed by atoms with van der Waals surface area (Å²) in [5.74, 6) is -1.90. The molecule has 1 atom stereocenters. The molecule has 4 heteroatoms. The van der Waals surface area contributed by atoms with Crippen molar-refractivity contribution in [2.24, 2.45) is 0 Å². The topological polar surface area (TPSA) is 40.9 Å². The number of hydrogen-bond donors (Lipinski definition) is 0. The molecule has 0 amide bonds. The zero-order valence-corrected chi connectivity index (χ0v) is 11.5. The van der Waals surface area contributed by atoms with Gasteiger partial charge in [-0.25, -0.2) is 4.39 Å². The minimum atomic E-state index is -1.04. The summed E-state index contributed by atoms with van der Waals surface area (Å²) in [5, 5.41) is 9.65. The molecule has 100 valence electrons. The number of Topliss-reactive ketones (excluding diaryl/α,β-unsaturated/α-hetero) is 1. The highest BCUT2D eigenvalue weighted by Gasteiger charge is 2.22. The molecule has 1 unspecified atom stereocenters. The first-order valence-electron chi connectivity index (χ1n) is 5.98. The number of nitrogens with zero attached hydrogens (tertiary/aromatic N) is 1. The van der Waals surface area contributed by atoms with E-state index in [1.165, 1.54) is 24.3 Å². The Labute approximate surface area is 121 Å². The van der Waals surface area contributed by atoms with Gasteiger partial charge in [-0.3, -0.25) is 4.79 Å². The van der Waals surface area contributed by atoms with E-state index in [-0.39, 0.29) is 5.78 Å². The van der Waals surface area contributed by atoms with Gasteiger partial charge in [0.2, 0.25) is 0 Å². The maximum atomic E-state index is 13.2. The fraction of sp³-hybridized carbons (Fsp3) is 0.125. The van der Waals surface area contributed by atoms with Crippen LogP contribution in [0.3, 0.4) is 0 Å². The van der Waals surface area contributed by atoms with Crippen LogP contribution in [0.1, 0.15) is 27.4 Å². The second-order valence-corrected chi connectivity index (χ2v) is 4.94. The smallest absolute Gasteiger partial charge is 0.184 e. The Bertz CT molecular complexity index is 686. The van der Waals surface area contributed by atoms with Crippen LogP contribution in [-0.2, 0) is 0 Å². The summed E-state index contributed by atoms with van der Waals surface area (Å²) < 4.78 is 13.2. The summed E-state index contributed by atoms with van der Waals surface area (Å²) in [6.45, 7) is 1.81. The Balaban J connectivity index is 2.42. The SMILES string of the molecule is Cc1cc(Cl)cc(C(=O)C(C#N)c2cccc(F)c2)c1. The maximum Gasteiger partial charge on any atom is 0.184 e. The quantitative estimate of drug-likeness (QED) is 0.791. The van der Waals surface area contributed by atoms with Crippen molar-refractivity contribution in [1.29, 1.82) is 5.26 Å². The van der Waals surface area contributed by atoms with Gasteiger partial charge in [0.25, 0.3) is 0 Å². The monoisotopic (exact) mass is 287 g/mol. The van der Waals surface area contributed by atoms with Crippen LogP contribution in [0.15, 0.2) is 42.5 Å². The van der Waals surface area contributed by atoms with E-state index < -0.39 is 11.7 Å². The van der Waals surface area contributed by atoms with Crippen molar-refractivity contribution >= 4 is 17.4 Å². The minimum Gasteiger partial charge on any atom is -0.292 e. The summed E-state index contributed by atoms with van der Waals surface area (Å²) in [5.41, 5.74) is 1.53. The van der Waals surface area contributed by atoms with Crippen molar-refractivity contribution in [3.05, 3.63) is 70.0 Å². The molecule has 0 aliphatic carbocycles.